The molecule has 2 atom stereocenters. The molecule has 176 valence electrons. The van der Waals surface area contributed by atoms with Crippen LogP contribution in [0.2, 0.25) is 0 Å². The number of rotatable bonds is 4. The second-order valence-electron chi connectivity index (χ2n) is 9.09. The number of nitrogens with one attached hydrogen (secondary N) is 1. The molecule has 1 N–H and O–H groups in total. The Balaban J connectivity index is 1.10. The number of carbonyl (C=O) groups is 1. The van der Waals surface area contributed by atoms with Crippen molar-refractivity contribution in [2.24, 2.45) is 0 Å². The third-order valence-corrected chi connectivity index (χ3v) is 6.89. The number of piperazine rings is 1. The first kappa shape index (κ1) is 21.9. The first-order chi connectivity index (χ1) is 15.9. The summed E-state index contributed by atoms with van der Waals surface area (Å²) in [6, 6.07) is 10.6. The van der Waals surface area contributed by atoms with Gasteiger partial charge in [0, 0.05) is 38.8 Å². The molecule has 1 aromatic carbocycles. The van der Waals surface area contributed by atoms with E-state index in [0.29, 0.717) is 18.9 Å². The Kier molecular flexibility index (Phi) is 5.86. The molecule has 5 rings (SSSR count). The van der Waals surface area contributed by atoms with E-state index in [1.165, 1.54) is 11.8 Å². The summed E-state index contributed by atoms with van der Waals surface area (Å²) in [5.41, 5.74) is 0.307. The molecule has 0 radical (unpaired) electrons. The van der Waals surface area contributed by atoms with E-state index < -0.39 is 11.9 Å². The van der Waals surface area contributed by atoms with Gasteiger partial charge in [0.2, 0.25) is 0 Å². The normalized spacial score (nSPS) is 23.8. The monoisotopic (exact) mass is 460 g/mol. The summed E-state index contributed by atoms with van der Waals surface area (Å²) < 4.78 is 38.2. The van der Waals surface area contributed by atoms with Crippen molar-refractivity contribution < 1.29 is 18.0 Å². The highest BCUT2D eigenvalue weighted by Crippen LogP contribution is 2.34. The molecule has 33 heavy (non-hydrogen) atoms. The first-order valence-electron chi connectivity index (χ1n) is 11.4. The molecule has 2 bridgehead atoms. The van der Waals surface area contributed by atoms with Crippen LogP contribution in [0.5, 0.6) is 0 Å². The summed E-state index contributed by atoms with van der Waals surface area (Å²) in [6.45, 7) is 3.94. The Morgan fingerprint density at radius 3 is 2.39 bits per heavy atom. The molecule has 2 aromatic rings. The number of piperidine rings is 1. The van der Waals surface area contributed by atoms with Gasteiger partial charge in [-0.15, -0.1) is 0 Å². The highest BCUT2D eigenvalue weighted by atomic mass is 19.4. The van der Waals surface area contributed by atoms with Gasteiger partial charge >= 0.3 is 12.2 Å². The average molecular weight is 461 g/mol. The van der Waals surface area contributed by atoms with Crippen LogP contribution in [0.15, 0.2) is 42.7 Å². The maximum absolute atomic E-state index is 12.9. The van der Waals surface area contributed by atoms with Crippen molar-refractivity contribution in [3.05, 3.63) is 54.0 Å². The predicted octanol–water partition coefficient (Wildman–Crippen LogP) is 3.13. The van der Waals surface area contributed by atoms with E-state index in [-0.39, 0.29) is 24.2 Å². The van der Waals surface area contributed by atoms with Crippen molar-refractivity contribution in [3.8, 4) is 0 Å². The number of hydrogen-bond donors (Lipinski definition) is 1. The molecule has 7 nitrogen and oxygen atoms in total. The quantitative estimate of drug-likeness (QED) is 0.760. The van der Waals surface area contributed by atoms with Gasteiger partial charge in [-0.2, -0.15) is 13.2 Å². The smallest absolute Gasteiger partial charge is 0.348 e. The molecule has 2 amide bonds. The molecule has 3 saturated heterocycles. The van der Waals surface area contributed by atoms with Crippen LogP contribution >= 0.6 is 0 Å². The second kappa shape index (κ2) is 8.81. The van der Waals surface area contributed by atoms with E-state index in [0.717, 1.165) is 45.1 Å². The van der Waals surface area contributed by atoms with Crippen molar-refractivity contribution in [3.63, 3.8) is 0 Å². The molecule has 0 spiro atoms. The first-order valence-corrected chi connectivity index (χ1v) is 11.4. The van der Waals surface area contributed by atoms with Crippen LogP contribution in [0.4, 0.5) is 23.8 Å². The Labute approximate surface area is 190 Å². The Morgan fingerprint density at radius 2 is 1.79 bits per heavy atom. The van der Waals surface area contributed by atoms with Crippen LogP contribution in [-0.4, -0.2) is 70.1 Å². The van der Waals surface area contributed by atoms with Crippen LogP contribution in [0, 0.1) is 0 Å². The van der Waals surface area contributed by atoms with Gasteiger partial charge in [0.15, 0.2) is 5.69 Å². The van der Waals surface area contributed by atoms with Crippen molar-refractivity contribution in [2.45, 2.75) is 50.1 Å². The predicted molar refractivity (Wildman–Crippen MR) is 117 cm³/mol. The second-order valence-corrected chi connectivity index (χ2v) is 9.09. The third kappa shape index (κ3) is 4.75. The van der Waals surface area contributed by atoms with E-state index >= 15 is 0 Å². The molecule has 0 unspecified atom stereocenters. The Bertz CT molecular complexity index is 962. The zero-order valence-corrected chi connectivity index (χ0v) is 18.2. The lowest BCUT2D eigenvalue weighted by atomic mass is 10.0. The van der Waals surface area contributed by atoms with E-state index in [2.05, 4.69) is 44.5 Å². The van der Waals surface area contributed by atoms with Gasteiger partial charge in [0.25, 0.3) is 0 Å². The van der Waals surface area contributed by atoms with Crippen LogP contribution < -0.4 is 10.2 Å². The zero-order valence-electron chi connectivity index (χ0n) is 18.2. The van der Waals surface area contributed by atoms with Gasteiger partial charge in [0.1, 0.15) is 5.82 Å². The van der Waals surface area contributed by atoms with E-state index in [1.807, 2.05) is 15.9 Å². The molecule has 3 aliphatic rings. The molecular formula is C23H27F3N6O. The summed E-state index contributed by atoms with van der Waals surface area (Å²) in [5.74, 6) is 0.432. The number of carbonyl (C=O) groups excluding carboxylic acids is 1. The van der Waals surface area contributed by atoms with E-state index in [1.54, 1.807) is 0 Å². The molecule has 3 aliphatic heterocycles. The van der Waals surface area contributed by atoms with Crippen molar-refractivity contribution in [1.82, 2.24) is 25.1 Å². The van der Waals surface area contributed by atoms with Gasteiger partial charge in [0.05, 0.1) is 24.5 Å². The lowest BCUT2D eigenvalue weighted by molar-refractivity contribution is -0.141. The lowest BCUT2D eigenvalue weighted by Gasteiger charge is -2.37. The lowest BCUT2D eigenvalue weighted by Crippen LogP contribution is -2.55. The molecule has 0 saturated carbocycles. The molecular weight excluding hydrogens is 433 g/mol. The molecule has 0 aliphatic carbocycles. The minimum Gasteiger partial charge on any atom is -0.348 e. The van der Waals surface area contributed by atoms with Crippen LogP contribution in [0.1, 0.15) is 30.5 Å². The summed E-state index contributed by atoms with van der Waals surface area (Å²) in [7, 11) is 0. The van der Waals surface area contributed by atoms with Gasteiger partial charge < -0.3 is 15.1 Å². The summed E-state index contributed by atoms with van der Waals surface area (Å²) in [4.78, 5) is 26.6. The van der Waals surface area contributed by atoms with Crippen LogP contribution in [0.25, 0.3) is 0 Å². The number of amides is 2. The third-order valence-electron chi connectivity index (χ3n) is 6.89. The number of alkyl halides is 3. The van der Waals surface area contributed by atoms with Crippen molar-refractivity contribution >= 4 is 11.8 Å². The molecule has 4 heterocycles. The molecule has 3 fully saturated rings. The largest absolute Gasteiger partial charge is 0.434 e. The van der Waals surface area contributed by atoms with Crippen molar-refractivity contribution in [2.75, 3.05) is 31.1 Å². The van der Waals surface area contributed by atoms with Crippen molar-refractivity contribution in [1.29, 1.82) is 0 Å². The fourth-order valence-corrected chi connectivity index (χ4v) is 5.15. The van der Waals surface area contributed by atoms with Gasteiger partial charge in [-0.3, -0.25) is 4.90 Å². The van der Waals surface area contributed by atoms with Gasteiger partial charge in [-0.25, -0.2) is 14.8 Å². The number of hydrogen-bond acceptors (Lipinski definition) is 5. The fourth-order valence-electron chi connectivity index (χ4n) is 5.15. The van der Waals surface area contributed by atoms with Crippen LogP contribution in [0.3, 0.4) is 0 Å². The maximum Gasteiger partial charge on any atom is 0.434 e. The number of halogens is 3. The highest BCUT2D eigenvalue weighted by molar-refractivity contribution is 5.76. The molecule has 10 heteroatoms. The minimum absolute atomic E-state index is 0.0391. The summed E-state index contributed by atoms with van der Waals surface area (Å²) >= 11 is 0. The number of likely N-dealkylation sites (tertiary alicyclic amines) is 2. The van der Waals surface area contributed by atoms with E-state index in [4.69, 9.17) is 0 Å². The Hall–Kier alpha value is -2.88. The SMILES string of the molecule is O=C(NC1CCN(Cc2ccccc2)CC1)N1C[C@@H]2C[C@H]1CN2c1cnc(C(F)(F)F)cn1. The van der Waals surface area contributed by atoms with Gasteiger partial charge in [-0.05, 0) is 24.8 Å². The molecule has 1 aromatic heterocycles. The topological polar surface area (TPSA) is 64.6 Å². The highest BCUT2D eigenvalue weighted by Gasteiger charge is 2.46. The van der Waals surface area contributed by atoms with Gasteiger partial charge in [-0.1, -0.05) is 30.3 Å². The number of aromatic nitrogens is 2. The summed E-state index contributed by atoms with van der Waals surface area (Å²) in [5, 5.41) is 3.20. The average Bonchev–Trinajstić information content (AvgIpc) is 3.42. The standard InChI is InChI=1S/C23H27F3N6O/c24-23(25,26)20-11-28-21(12-27-20)31-14-19-10-18(31)15-32(19)22(33)29-17-6-8-30(9-7-17)13-16-4-2-1-3-5-16/h1-5,11-12,17-19H,6-10,13-15H2,(H,29,33)/t18-,19-/m0/s1. The van der Waals surface area contributed by atoms with E-state index in [9.17, 15) is 18.0 Å². The Morgan fingerprint density at radius 1 is 1.03 bits per heavy atom. The number of anilines is 1. The number of nitrogens with zero attached hydrogens (tertiary/aromatic N) is 5. The number of benzene rings is 1. The maximum atomic E-state index is 12.9. The minimum atomic E-state index is -4.50. The summed E-state index contributed by atoms with van der Waals surface area (Å²) in [6.07, 6.45) is 0.0996. The fraction of sp³-hybridized carbons (Fsp3) is 0.522. The van der Waals surface area contributed by atoms with Crippen LogP contribution in [-0.2, 0) is 12.7 Å². The zero-order chi connectivity index (χ0) is 23.0. The number of urea groups is 1. The number of fused-ring (bicyclic) bond motifs is 2.